The van der Waals surface area contributed by atoms with Crippen LogP contribution < -0.4 is 10.5 Å². The third-order valence-electron chi connectivity index (χ3n) is 4.08. The maximum atomic E-state index is 11.5. The minimum absolute atomic E-state index is 0.145. The standard InChI is InChI=1S/C19H15N3O3S/c1-9-13-5-3-11(7-14(13)18(23)17(21-9)19(20)24)25-12-4-6-15-16(8-12)26-10(2)22-15/h3-8,23H,1-2H3,(H2,20,24). The highest BCUT2D eigenvalue weighted by atomic mass is 32.1. The number of primary amides is 1. The third kappa shape index (κ3) is 2.72. The normalized spacial score (nSPS) is 11.2. The lowest BCUT2D eigenvalue weighted by Gasteiger charge is -2.11. The first kappa shape index (κ1) is 16.3. The number of carbonyl (C=O) groups excluding carboxylic acids is 1. The summed E-state index contributed by atoms with van der Waals surface area (Å²) in [4.78, 5) is 20.0. The molecule has 6 nitrogen and oxygen atoms in total. The fraction of sp³-hybridized carbons (Fsp3) is 0.105. The molecule has 0 fully saturated rings. The van der Waals surface area contributed by atoms with Gasteiger partial charge < -0.3 is 15.6 Å². The summed E-state index contributed by atoms with van der Waals surface area (Å²) >= 11 is 1.60. The smallest absolute Gasteiger partial charge is 0.271 e. The lowest BCUT2D eigenvalue weighted by molar-refractivity contribution is 0.0993. The molecule has 0 aliphatic carbocycles. The Bertz CT molecular complexity index is 1180. The summed E-state index contributed by atoms with van der Waals surface area (Å²) < 4.78 is 6.97. The molecule has 4 aromatic rings. The van der Waals surface area contributed by atoms with Crippen LogP contribution in [0.25, 0.3) is 21.0 Å². The molecule has 0 aliphatic heterocycles. The van der Waals surface area contributed by atoms with E-state index in [1.54, 1.807) is 36.5 Å². The maximum Gasteiger partial charge on any atom is 0.271 e. The maximum absolute atomic E-state index is 11.5. The van der Waals surface area contributed by atoms with E-state index in [1.807, 2.05) is 25.1 Å². The molecule has 0 saturated heterocycles. The van der Waals surface area contributed by atoms with Crippen molar-refractivity contribution in [3.8, 4) is 17.2 Å². The van der Waals surface area contributed by atoms with Crippen molar-refractivity contribution in [1.29, 1.82) is 0 Å². The number of benzene rings is 2. The Labute approximate surface area is 152 Å². The topological polar surface area (TPSA) is 98.3 Å². The lowest BCUT2D eigenvalue weighted by Crippen LogP contribution is -2.14. The Morgan fingerprint density at radius 1 is 1.08 bits per heavy atom. The van der Waals surface area contributed by atoms with Crippen molar-refractivity contribution in [2.75, 3.05) is 0 Å². The van der Waals surface area contributed by atoms with Gasteiger partial charge in [-0.3, -0.25) is 4.79 Å². The van der Waals surface area contributed by atoms with Crippen LogP contribution in [0, 0.1) is 13.8 Å². The van der Waals surface area contributed by atoms with Crippen LogP contribution in [0.5, 0.6) is 17.2 Å². The lowest BCUT2D eigenvalue weighted by atomic mass is 10.1. The number of carbonyl (C=O) groups is 1. The van der Waals surface area contributed by atoms with Gasteiger partial charge in [-0.25, -0.2) is 9.97 Å². The predicted octanol–water partition coefficient (Wildman–Crippen LogP) is 4.06. The summed E-state index contributed by atoms with van der Waals surface area (Å²) in [5, 5.41) is 12.5. The second-order valence-electron chi connectivity index (χ2n) is 5.93. The summed E-state index contributed by atoms with van der Waals surface area (Å²) in [5.41, 5.74) is 6.69. The molecule has 0 radical (unpaired) electrons. The second kappa shape index (κ2) is 5.96. The average Bonchev–Trinajstić information content (AvgIpc) is 2.97. The second-order valence-corrected chi connectivity index (χ2v) is 7.17. The summed E-state index contributed by atoms with van der Waals surface area (Å²) in [5.74, 6) is 0.192. The van der Waals surface area contributed by atoms with E-state index < -0.39 is 5.91 Å². The van der Waals surface area contributed by atoms with Gasteiger partial charge in [0.1, 0.15) is 11.5 Å². The molecule has 130 valence electrons. The van der Waals surface area contributed by atoms with Crippen molar-refractivity contribution in [1.82, 2.24) is 9.97 Å². The third-order valence-corrected chi connectivity index (χ3v) is 5.01. The van der Waals surface area contributed by atoms with E-state index >= 15 is 0 Å². The minimum atomic E-state index is -0.773. The number of amides is 1. The first-order chi connectivity index (χ1) is 12.4. The molecule has 0 bridgehead atoms. The Morgan fingerprint density at radius 3 is 2.58 bits per heavy atom. The number of pyridine rings is 1. The highest BCUT2D eigenvalue weighted by Gasteiger charge is 2.16. The summed E-state index contributed by atoms with van der Waals surface area (Å²) in [6, 6.07) is 10.9. The van der Waals surface area contributed by atoms with Gasteiger partial charge in [-0.1, -0.05) is 0 Å². The van der Waals surface area contributed by atoms with E-state index in [-0.39, 0.29) is 11.4 Å². The first-order valence-corrected chi connectivity index (χ1v) is 8.72. The number of hydrogen-bond donors (Lipinski definition) is 2. The van der Waals surface area contributed by atoms with E-state index in [4.69, 9.17) is 10.5 Å². The van der Waals surface area contributed by atoms with Crippen LogP contribution in [0.3, 0.4) is 0 Å². The molecule has 1 amide bonds. The van der Waals surface area contributed by atoms with Crippen LogP contribution in [0.15, 0.2) is 36.4 Å². The van der Waals surface area contributed by atoms with Gasteiger partial charge in [0.2, 0.25) is 0 Å². The molecule has 3 N–H and O–H groups in total. The molecule has 0 saturated carbocycles. The number of fused-ring (bicyclic) bond motifs is 2. The van der Waals surface area contributed by atoms with E-state index in [0.717, 1.165) is 20.6 Å². The van der Waals surface area contributed by atoms with Gasteiger partial charge in [0.25, 0.3) is 5.91 Å². The Balaban J connectivity index is 1.78. The first-order valence-electron chi connectivity index (χ1n) is 7.90. The van der Waals surface area contributed by atoms with Gasteiger partial charge in [-0.05, 0) is 44.2 Å². The minimum Gasteiger partial charge on any atom is -0.505 e. The van der Waals surface area contributed by atoms with Crippen molar-refractivity contribution in [3.63, 3.8) is 0 Å². The number of aryl methyl sites for hydroxylation is 2. The summed E-state index contributed by atoms with van der Waals surface area (Å²) in [6.07, 6.45) is 0. The number of aromatic hydroxyl groups is 1. The zero-order valence-electron chi connectivity index (χ0n) is 14.1. The van der Waals surface area contributed by atoms with Gasteiger partial charge in [-0.15, -0.1) is 11.3 Å². The van der Waals surface area contributed by atoms with Gasteiger partial charge in [0.05, 0.1) is 15.2 Å². The number of ether oxygens (including phenoxy) is 1. The highest BCUT2D eigenvalue weighted by Crippen LogP contribution is 2.34. The molecule has 0 aliphatic rings. The predicted molar refractivity (Wildman–Crippen MR) is 101 cm³/mol. The van der Waals surface area contributed by atoms with E-state index in [2.05, 4.69) is 9.97 Å². The number of nitrogens with two attached hydrogens (primary N) is 1. The molecule has 2 aromatic heterocycles. The summed E-state index contributed by atoms with van der Waals surface area (Å²) in [7, 11) is 0. The highest BCUT2D eigenvalue weighted by molar-refractivity contribution is 7.18. The van der Waals surface area contributed by atoms with E-state index in [9.17, 15) is 9.90 Å². The molecule has 4 rings (SSSR count). The quantitative estimate of drug-likeness (QED) is 0.570. The molecule has 2 aromatic carbocycles. The zero-order valence-corrected chi connectivity index (χ0v) is 14.9. The van der Waals surface area contributed by atoms with E-state index in [1.165, 1.54) is 0 Å². The summed E-state index contributed by atoms with van der Waals surface area (Å²) in [6.45, 7) is 3.72. The SMILES string of the molecule is Cc1nc2ccc(Oc3ccc4c(C)nc(C(N)=O)c(O)c4c3)cc2s1. The average molecular weight is 365 g/mol. The van der Waals surface area contributed by atoms with Crippen LogP contribution in [-0.4, -0.2) is 21.0 Å². The molecule has 0 atom stereocenters. The molecule has 0 unspecified atom stereocenters. The van der Waals surface area contributed by atoms with Gasteiger partial charge >= 0.3 is 0 Å². The fourth-order valence-corrected chi connectivity index (χ4v) is 3.75. The van der Waals surface area contributed by atoms with E-state index in [0.29, 0.717) is 22.6 Å². The van der Waals surface area contributed by atoms with Crippen molar-refractivity contribution < 1.29 is 14.6 Å². The number of thiazole rings is 1. The van der Waals surface area contributed by atoms with Crippen molar-refractivity contribution in [3.05, 3.63) is 52.8 Å². The van der Waals surface area contributed by atoms with Crippen molar-refractivity contribution in [2.45, 2.75) is 13.8 Å². The number of hydrogen-bond acceptors (Lipinski definition) is 6. The molecular weight excluding hydrogens is 350 g/mol. The fourth-order valence-electron chi connectivity index (χ4n) is 2.90. The molecule has 7 heteroatoms. The Hall–Kier alpha value is -3.19. The molecule has 2 heterocycles. The Morgan fingerprint density at radius 2 is 1.81 bits per heavy atom. The Kier molecular flexibility index (Phi) is 3.73. The van der Waals surface area contributed by atoms with Crippen molar-refractivity contribution >= 4 is 38.2 Å². The largest absolute Gasteiger partial charge is 0.505 e. The number of nitrogens with zero attached hydrogens (tertiary/aromatic N) is 2. The van der Waals surface area contributed by atoms with Gasteiger partial charge in [-0.2, -0.15) is 0 Å². The molecule has 26 heavy (non-hydrogen) atoms. The number of aromatic nitrogens is 2. The van der Waals surface area contributed by atoms with Crippen molar-refractivity contribution in [2.24, 2.45) is 5.73 Å². The monoisotopic (exact) mass is 365 g/mol. The van der Waals surface area contributed by atoms with Crippen LogP contribution in [0.2, 0.25) is 0 Å². The molecule has 0 spiro atoms. The van der Waals surface area contributed by atoms with Crippen LogP contribution >= 0.6 is 11.3 Å². The number of rotatable bonds is 3. The van der Waals surface area contributed by atoms with Crippen LogP contribution in [0.4, 0.5) is 0 Å². The van der Waals surface area contributed by atoms with Gasteiger partial charge in [0, 0.05) is 22.5 Å². The van der Waals surface area contributed by atoms with Crippen LogP contribution in [0.1, 0.15) is 21.2 Å². The zero-order chi connectivity index (χ0) is 18.4. The van der Waals surface area contributed by atoms with Gasteiger partial charge in [0.15, 0.2) is 11.4 Å². The van der Waals surface area contributed by atoms with Crippen LogP contribution in [-0.2, 0) is 0 Å². The molecular formula is C19H15N3O3S.